The maximum atomic E-state index is 13.7. The van der Waals surface area contributed by atoms with Crippen LogP contribution in [0.3, 0.4) is 0 Å². The number of carbonyl (C=O) groups is 1. The SMILES string of the molecule is O=C(c1cc(C(F)(F)F)cc(C(F)(F)F)c1)N1CCC(OCc2ccc(C(F)(F)F)cc2)C(C(c2ccccc2)c2ccccc2)C1. The Hall–Kier alpha value is -4.32. The summed E-state index contributed by atoms with van der Waals surface area (Å²) >= 11 is 0. The quantitative estimate of drug-likeness (QED) is 0.184. The van der Waals surface area contributed by atoms with Gasteiger partial charge in [0, 0.05) is 30.5 Å². The lowest BCUT2D eigenvalue weighted by Gasteiger charge is -2.42. The number of hydrogen-bond acceptors (Lipinski definition) is 2. The number of nitrogens with zero attached hydrogens (tertiary/aromatic N) is 1. The number of likely N-dealkylation sites (tertiary alicyclic amines) is 1. The third-order valence-electron chi connectivity index (χ3n) is 8.20. The van der Waals surface area contributed by atoms with E-state index in [1.54, 1.807) is 0 Å². The van der Waals surface area contributed by atoms with Gasteiger partial charge in [-0.3, -0.25) is 4.79 Å². The third kappa shape index (κ3) is 8.16. The van der Waals surface area contributed by atoms with Gasteiger partial charge in [0.2, 0.25) is 0 Å². The van der Waals surface area contributed by atoms with E-state index in [4.69, 9.17) is 4.74 Å². The number of alkyl halides is 9. The second kappa shape index (κ2) is 13.4. The molecule has 2 atom stereocenters. The molecule has 0 bridgehead atoms. The van der Waals surface area contributed by atoms with Crippen LogP contribution in [0.4, 0.5) is 39.5 Å². The van der Waals surface area contributed by atoms with Crippen molar-refractivity contribution in [1.29, 1.82) is 0 Å². The van der Waals surface area contributed by atoms with Gasteiger partial charge in [-0.15, -0.1) is 0 Å². The summed E-state index contributed by atoms with van der Waals surface area (Å²) in [5.41, 5.74) is -2.61. The van der Waals surface area contributed by atoms with Crippen LogP contribution in [0, 0.1) is 5.92 Å². The molecule has 0 N–H and O–H groups in total. The summed E-state index contributed by atoms with van der Waals surface area (Å²) in [6, 6.07) is 23.7. The Labute approximate surface area is 264 Å². The van der Waals surface area contributed by atoms with Gasteiger partial charge in [0.1, 0.15) is 0 Å². The molecule has 0 aromatic heterocycles. The first-order valence-corrected chi connectivity index (χ1v) is 14.6. The van der Waals surface area contributed by atoms with Crippen LogP contribution in [-0.2, 0) is 29.9 Å². The molecular weight excluding hydrogens is 637 g/mol. The lowest BCUT2D eigenvalue weighted by molar-refractivity contribution is -0.143. The summed E-state index contributed by atoms with van der Waals surface area (Å²) in [5, 5.41) is 0. The van der Waals surface area contributed by atoms with Crippen molar-refractivity contribution in [1.82, 2.24) is 4.90 Å². The van der Waals surface area contributed by atoms with Crippen molar-refractivity contribution in [2.75, 3.05) is 13.1 Å². The number of benzene rings is 4. The first-order chi connectivity index (χ1) is 22.1. The normalized spacial score (nSPS) is 17.6. The molecule has 1 saturated heterocycles. The van der Waals surface area contributed by atoms with E-state index < -0.39 is 64.6 Å². The second-order valence-electron chi connectivity index (χ2n) is 11.3. The van der Waals surface area contributed by atoms with Crippen molar-refractivity contribution in [3.8, 4) is 0 Å². The number of ether oxygens (including phenoxy) is 1. The van der Waals surface area contributed by atoms with Gasteiger partial charge in [-0.25, -0.2) is 0 Å². The largest absolute Gasteiger partial charge is 0.416 e. The Bertz CT molecular complexity index is 1580. The van der Waals surface area contributed by atoms with E-state index in [1.807, 2.05) is 60.7 Å². The summed E-state index contributed by atoms with van der Waals surface area (Å²) in [7, 11) is 0. The molecular formula is C35H28F9NO2. The highest BCUT2D eigenvalue weighted by Gasteiger charge is 2.41. The van der Waals surface area contributed by atoms with Crippen molar-refractivity contribution in [2.45, 2.75) is 43.6 Å². The lowest BCUT2D eigenvalue weighted by Crippen LogP contribution is -2.49. The van der Waals surface area contributed by atoms with Crippen molar-refractivity contribution in [3.63, 3.8) is 0 Å². The minimum absolute atomic E-state index is 0.0260. The van der Waals surface area contributed by atoms with Crippen molar-refractivity contribution in [2.24, 2.45) is 5.92 Å². The van der Waals surface area contributed by atoms with Gasteiger partial charge < -0.3 is 9.64 Å². The lowest BCUT2D eigenvalue weighted by atomic mass is 9.75. The van der Waals surface area contributed by atoms with Crippen molar-refractivity contribution >= 4 is 5.91 Å². The molecule has 1 heterocycles. The number of halogens is 9. The number of rotatable bonds is 7. The highest BCUT2D eigenvalue weighted by molar-refractivity contribution is 5.94. The molecule has 4 aromatic carbocycles. The van der Waals surface area contributed by atoms with Crippen LogP contribution in [0.2, 0.25) is 0 Å². The van der Waals surface area contributed by atoms with E-state index in [0.29, 0.717) is 17.7 Å². The predicted molar refractivity (Wildman–Crippen MR) is 155 cm³/mol. The Kier molecular flexibility index (Phi) is 9.72. The van der Waals surface area contributed by atoms with E-state index in [-0.39, 0.29) is 32.2 Å². The number of amides is 1. The smallest absolute Gasteiger partial charge is 0.373 e. The molecule has 4 aromatic rings. The summed E-state index contributed by atoms with van der Waals surface area (Å²) < 4.78 is 127. The molecule has 2 unspecified atom stereocenters. The highest BCUT2D eigenvalue weighted by atomic mass is 19.4. The molecule has 0 radical (unpaired) electrons. The molecule has 0 spiro atoms. The summed E-state index contributed by atoms with van der Waals surface area (Å²) in [5.74, 6) is -1.95. The van der Waals surface area contributed by atoms with Crippen LogP contribution in [-0.4, -0.2) is 30.0 Å². The average molecular weight is 666 g/mol. The molecule has 1 amide bonds. The number of piperidine rings is 1. The average Bonchev–Trinajstić information content (AvgIpc) is 3.03. The van der Waals surface area contributed by atoms with Crippen LogP contribution in [0.1, 0.15) is 56.1 Å². The Morgan fingerprint density at radius 1 is 0.681 bits per heavy atom. The van der Waals surface area contributed by atoms with Crippen LogP contribution in [0.25, 0.3) is 0 Å². The molecule has 0 aliphatic carbocycles. The van der Waals surface area contributed by atoms with Crippen molar-refractivity contribution < 1.29 is 49.0 Å². The maximum Gasteiger partial charge on any atom is 0.416 e. The molecule has 3 nitrogen and oxygen atoms in total. The van der Waals surface area contributed by atoms with E-state index in [1.165, 1.54) is 17.0 Å². The molecule has 1 aliphatic rings. The van der Waals surface area contributed by atoms with Crippen LogP contribution in [0.5, 0.6) is 0 Å². The monoisotopic (exact) mass is 665 g/mol. The van der Waals surface area contributed by atoms with Crippen molar-refractivity contribution in [3.05, 3.63) is 142 Å². The fraction of sp³-hybridized carbons (Fsp3) is 0.286. The van der Waals surface area contributed by atoms with E-state index >= 15 is 0 Å². The van der Waals surface area contributed by atoms with E-state index in [2.05, 4.69) is 0 Å². The number of carbonyl (C=O) groups excluding carboxylic acids is 1. The van der Waals surface area contributed by atoms with Gasteiger partial charge in [-0.1, -0.05) is 72.8 Å². The molecule has 0 saturated carbocycles. The van der Waals surface area contributed by atoms with Gasteiger partial charge in [0.25, 0.3) is 5.91 Å². The maximum absolute atomic E-state index is 13.7. The topological polar surface area (TPSA) is 29.5 Å². The molecule has 248 valence electrons. The standard InChI is InChI=1S/C35H28F9NO2/c36-33(37,38)26-13-11-22(12-14-26)21-47-30-15-16-45(32(46)25-17-27(34(39,40)41)19-28(18-25)35(42,43)44)20-29(30)31(23-7-3-1-4-8-23)24-9-5-2-6-10-24/h1-14,17-19,29-31H,15-16,20-21H2. The summed E-state index contributed by atoms with van der Waals surface area (Å²) in [4.78, 5) is 14.9. The minimum atomic E-state index is -5.12. The molecule has 47 heavy (non-hydrogen) atoms. The van der Waals surface area contributed by atoms with Crippen LogP contribution in [0.15, 0.2) is 103 Å². The molecule has 1 aliphatic heterocycles. The summed E-state index contributed by atoms with van der Waals surface area (Å²) in [6.45, 7) is -0.185. The third-order valence-corrected chi connectivity index (χ3v) is 8.20. The first-order valence-electron chi connectivity index (χ1n) is 14.6. The van der Waals surface area contributed by atoms with Crippen LogP contribution >= 0.6 is 0 Å². The Morgan fingerprint density at radius 2 is 1.17 bits per heavy atom. The molecule has 12 heteroatoms. The minimum Gasteiger partial charge on any atom is -0.373 e. The highest BCUT2D eigenvalue weighted by Crippen LogP contribution is 2.41. The van der Waals surface area contributed by atoms with Gasteiger partial charge >= 0.3 is 18.5 Å². The second-order valence-corrected chi connectivity index (χ2v) is 11.3. The fourth-order valence-electron chi connectivity index (χ4n) is 5.93. The fourth-order valence-corrected chi connectivity index (χ4v) is 5.93. The van der Waals surface area contributed by atoms with Gasteiger partial charge in [0.05, 0.1) is 29.4 Å². The first kappa shape index (κ1) is 34.0. The number of hydrogen-bond donors (Lipinski definition) is 0. The van der Waals surface area contributed by atoms with Crippen LogP contribution < -0.4 is 0 Å². The van der Waals surface area contributed by atoms with Gasteiger partial charge in [-0.05, 0) is 53.4 Å². The molecule has 1 fully saturated rings. The Balaban J connectivity index is 1.50. The van der Waals surface area contributed by atoms with Gasteiger partial charge in [-0.2, -0.15) is 39.5 Å². The molecule has 5 rings (SSSR count). The summed E-state index contributed by atoms with van der Waals surface area (Å²) in [6.07, 6.45) is -15.2. The Morgan fingerprint density at radius 3 is 1.64 bits per heavy atom. The van der Waals surface area contributed by atoms with E-state index in [9.17, 15) is 44.3 Å². The zero-order chi connectivity index (χ0) is 34.0. The zero-order valence-corrected chi connectivity index (χ0v) is 24.5. The zero-order valence-electron chi connectivity index (χ0n) is 24.5. The predicted octanol–water partition coefficient (Wildman–Crippen LogP) is 9.62. The van der Waals surface area contributed by atoms with E-state index in [0.717, 1.165) is 23.3 Å². The van der Waals surface area contributed by atoms with Gasteiger partial charge in [0.15, 0.2) is 0 Å².